The van der Waals surface area contributed by atoms with E-state index in [-0.39, 0.29) is 5.82 Å². The van der Waals surface area contributed by atoms with Crippen molar-refractivity contribution in [2.24, 2.45) is 0 Å². The Balaban J connectivity index is 1.92. The van der Waals surface area contributed by atoms with Crippen LogP contribution in [0.4, 0.5) is 4.39 Å². The van der Waals surface area contributed by atoms with Crippen LogP contribution in [0.15, 0.2) is 11.4 Å². The summed E-state index contributed by atoms with van der Waals surface area (Å²) in [5.41, 5.74) is 0. The zero-order valence-electron chi connectivity index (χ0n) is 8.88. The fraction of sp³-hybridized carbons (Fsp3) is 0.636. The van der Waals surface area contributed by atoms with Crippen LogP contribution in [0.1, 0.15) is 17.7 Å². The van der Waals surface area contributed by atoms with Crippen molar-refractivity contribution in [1.29, 1.82) is 0 Å². The van der Waals surface area contributed by atoms with Crippen molar-refractivity contribution in [1.82, 2.24) is 4.90 Å². The first-order valence-corrected chi connectivity index (χ1v) is 9.50. The molecule has 0 radical (unpaired) electrons. The van der Waals surface area contributed by atoms with E-state index in [9.17, 15) is 4.39 Å². The molecule has 1 unspecified atom stereocenters. The fourth-order valence-corrected chi connectivity index (χ4v) is 4.77. The fourth-order valence-electron chi connectivity index (χ4n) is 1.96. The Morgan fingerprint density at radius 3 is 3.20 bits per heavy atom. The number of alkyl halides is 2. The molecule has 1 atom stereocenters. The first-order chi connectivity index (χ1) is 7.29. The van der Waals surface area contributed by atoms with Crippen LogP contribution in [-0.4, -0.2) is 26.8 Å². The van der Waals surface area contributed by atoms with Crippen molar-refractivity contribution in [3.8, 4) is 0 Å². The Labute approximate surface area is 105 Å². The minimum atomic E-state index is -0.0201. The summed E-state index contributed by atoms with van der Waals surface area (Å²) in [5, 5.41) is 1.85. The van der Waals surface area contributed by atoms with Crippen LogP contribution in [0.2, 0.25) is 0 Å². The molecule has 4 heteroatoms. The summed E-state index contributed by atoms with van der Waals surface area (Å²) >= 11 is 1.90. The third kappa shape index (κ3) is 3.14. The number of halogens is 2. The predicted molar refractivity (Wildman–Crippen MR) is 58.5 cm³/mol. The second kappa shape index (κ2) is 5.59. The molecule has 0 aliphatic carbocycles. The van der Waals surface area contributed by atoms with E-state index in [0.717, 1.165) is 21.9 Å². The molecule has 86 valence electrons. The molecule has 1 aliphatic heterocycles. The van der Waals surface area contributed by atoms with Crippen molar-refractivity contribution >= 4 is 11.3 Å². The number of thiophene rings is 1. The maximum absolute atomic E-state index is 13.3. The Hall–Kier alpha value is 0.320. The first-order valence-electron chi connectivity index (χ1n) is 5.22. The Kier molecular flexibility index (Phi) is 4.40. The number of rotatable bonds is 3. The monoisotopic (exact) mass is 340 g/mol. The second-order valence-corrected chi connectivity index (χ2v) is 7.89. The van der Waals surface area contributed by atoms with E-state index in [1.807, 2.05) is 5.38 Å². The van der Waals surface area contributed by atoms with Gasteiger partial charge in [0.2, 0.25) is 0 Å². The zero-order chi connectivity index (χ0) is 10.7. The van der Waals surface area contributed by atoms with Gasteiger partial charge in [-0.3, -0.25) is 0 Å². The minimum absolute atomic E-state index is 0.0201. The van der Waals surface area contributed by atoms with Gasteiger partial charge in [-0.25, -0.2) is 0 Å². The van der Waals surface area contributed by atoms with E-state index >= 15 is 0 Å². The molecule has 0 N–H and O–H groups in total. The predicted octanol–water partition coefficient (Wildman–Crippen LogP) is -0.430. The molecular weight excluding hydrogens is 324 g/mol. The molecule has 0 spiro atoms. The van der Waals surface area contributed by atoms with Crippen molar-refractivity contribution in [3.05, 3.63) is 22.1 Å². The van der Waals surface area contributed by atoms with Crippen LogP contribution in [0.25, 0.3) is 0 Å². The van der Waals surface area contributed by atoms with Gasteiger partial charge in [-0.1, -0.05) is 0 Å². The Morgan fingerprint density at radius 2 is 2.53 bits per heavy atom. The maximum atomic E-state index is 13.3. The van der Waals surface area contributed by atoms with Gasteiger partial charge < -0.3 is 0 Å². The topological polar surface area (TPSA) is 3.24 Å². The van der Waals surface area contributed by atoms with Crippen LogP contribution < -0.4 is 21.2 Å². The summed E-state index contributed by atoms with van der Waals surface area (Å²) in [7, 11) is 0. The third-order valence-electron chi connectivity index (χ3n) is 2.81. The molecule has 1 aliphatic rings. The molecule has 0 bridgehead atoms. The quantitative estimate of drug-likeness (QED) is 0.533. The number of piperidine rings is 1. The summed E-state index contributed by atoms with van der Waals surface area (Å²) in [5.74, 6) is -0.0201. The molecule has 2 heterocycles. The second-order valence-electron chi connectivity index (χ2n) is 3.88. The van der Waals surface area contributed by atoms with Gasteiger partial charge in [0.25, 0.3) is 0 Å². The van der Waals surface area contributed by atoms with Gasteiger partial charge in [0, 0.05) is 0 Å². The molecule has 1 aromatic heterocycles. The van der Waals surface area contributed by atoms with Gasteiger partial charge in [-0.05, 0) is 0 Å². The van der Waals surface area contributed by atoms with E-state index in [1.165, 1.54) is 19.4 Å². The third-order valence-corrected chi connectivity index (χ3v) is 6.47. The molecule has 1 fully saturated rings. The summed E-state index contributed by atoms with van der Waals surface area (Å²) in [6, 6.07) is 1.58. The molecule has 15 heavy (non-hydrogen) atoms. The van der Waals surface area contributed by atoms with E-state index in [0.29, 0.717) is 21.2 Å². The van der Waals surface area contributed by atoms with Gasteiger partial charge in [0.05, 0.1) is 0 Å². The molecule has 0 amide bonds. The van der Waals surface area contributed by atoms with E-state index < -0.39 is 0 Å². The number of hydrogen-bond donors (Lipinski definition) is 0. The summed E-state index contributed by atoms with van der Waals surface area (Å²) in [6.45, 7) is 3.17. The normalized spacial score (nSPS) is 23.5. The van der Waals surface area contributed by atoms with E-state index in [2.05, 4.69) is 9.83 Å². The molecule has 1 nitrogen and oxygen atoms in total. The molecule has 2 rings (SSSR count). The van der Waals surface area contributed by atoms with Crippen molar-refractivity contribution in [3.63, 3.8) is 0 Å². The molecule has 1 saturated heterocycles. The molecule has 0 saturated carbocycles. The number of nitrogens with zero attached hydrogens (tertiary/aromatic N) is 1. The average Bonchev–Trinajstić information content (AvgIpc) is 2.65. The van der Waals surface area contributed by atoms with Crippen LogP contribution in [-0.2, 0) is 6.54 Å². The van der Waals surface area contributed by atoms with Gasteiger partial charge in [0.1, 0.15) is 0 Å². The molecular formula is C11H16FINS-. The van der Waals surface area contributed by atoms with E-state index in [1.54, 1.807) is 17.4 Å². The Bertz CT molecular complexity index is 315. The summed E-state index contributed by atoms with van der Waals surface area (Å²) in [6.07, 6.45) is 2.69. The molecule has 0 aromatic carbocycles. The van der Waals surface area contributed by atoms with Gasteiger partial charge in [-0.15, -0.1) is 0 Å². The van der Waals surface area contributed by atoms with Gasteiger partial charge >= 0.3 is 105 Å². The molecule has 1 aromatic rings. The average molecular weight is 340 g/mol. The van der Waals surface area contributed by atoms with Gasteiger partial charge in [-0.2, -0.15) is 0 Å². The van der Waals surface area contributed by atoms with Crippen molar-refractivity contribution in [2.75, 3.05) is 18.0 Å². The first kappa shape index (κ1) is 11.8. The van der Waals surface area contributed by atoms with Crippen molar-refractivity contribution < 1.29 is 25.6 Å². The van der Waals surface area contributed by atoms with Crippen LogP contribution >= 0.6 is 11.3 Å². The van der Waals surface area contributed by atoms with E-state index in [4.69, 9.17) is 0 Å². The number of hydrogen-bond acceptors (Lipinski definition) is 2. The van der Waals surface area contributed by atoms with Crippen molar-refractivity contribution in [2.45, 2.75) is 23.3 Å². The van der Waals surface area contributed by atoms with Crippen LogP contribution in [0.5, 0.6) is 0 Å². The SMILES string of the molecule is C[I-]C1CCCN(Cc2sccc2F)C1. The zero-order valence-corrected chi connectivity index (χ0v) is 11.9. The number of likely N-dealkylation sites (tertiary alicyclic amines) is 1. The Morgan fingerprint density at radius 1 is 1.67 bits per heavy atom. The van der Waals surface area contributed by atoms with Crippen LogP contribution in [0.3, 0.4) is 0 Å². The summed E-state index contributed by atoms with van der Waals surface area (Å²) in [4.78, 5) is 5.69. The van der Waals surface area contributed by atoms with Crippen LogP contribution in [0, 0.1) is 5.82 Å². The standard InChI is InChI=1S/C11H16FINS/c1-13-9-3-2-5-14(7-9)8-11-10(12)4-6-15-11/h4,6,9H,2-3,5,7-8H2,1H3/q-1. The summed E-state index contributed by atoms with van der Waals surface area (Å²) < 4.78 is 14.2. The van der Waals surface area contributed by atoms with Gasteiger partial charge in [0.15, 0.2) is 0 Å².